The van der Waals surface area contributed by atoms with E-state index in [1.165, 1.54) is 0 Å². The minimum Gasteiger partial charge on any atom is -0.508 e. The zero-order valence-electron chi connectivity index (χ0n) is 60.9. The maximum Gasteiger partial charge on any atom is 0.205 e. The lowest BCUT2D eigenvalue weighted by molar-refractivity contribution is 0.102. The van der Waals surface area contributed by atoms with E-state index < -0.39 is 309 Å². The van der Waals surface area contributed by atoms with Crippen molar-refractivity contribution in [3.63, 3.8) is 0 Å². The van der Waals surface area contributed by atoms with Gasteiger partial charge in [0, 0.05) is 54.6 Å². The highest BCUT2D eigenvalue weighted by molar-refractivity contribution is 6.19. The fourth-order valence-corrected chi connectivity index (χ4v) is 10.3. The molecule has 0 aliphatic carbocycles. The molecule has 0 aromatic heterocycles. The van der Waals surface area contributed by atoms with Crippen LogP contribution in [-0.4, -0.2) is 239 Å². The van der Waals surface area contributed by atoms with E-state index in [0.717, 1.165) is 54.6 Å². The fourth-order valence-electron chi connectivity index (χ4n) is 10.3. The Kier molecular flexibility index (Phi) is 26.5. The number of benzene rings is 12. The summed E-state index contributed by atoms with van der Waals surface area (Å²) in [4.78, 5) is 73.0. The summed E-state index contributed by atoms with van der Waals surface area (Å²) in [5, 5.41) is 377. The normalized spacial score (nSPS) is 10.5. The van der Waals surface area contributed by atoms with Gasteiger partial charge in [0.05, 0.1) is 38.9 Å². The number of carbonyl (C=O) groups is 6. The summed E-state index contributed by atoms with van der Waals surface area (Å²) in [5.41, 5.74) is -7.51. The number of phenols is 40. The van der Waals surface area contributed by atoms with Gasteiger partial charge < -0.3 is 204 Å². The highest BCUT2D eigenvalue weighted by atomic mass is 16.4. The zero-order valence-corrected chi connectivity index (χ0v) is 60.9. The summed E-state index contributed by atoms with van der Waals surface area (Å²) < 4.78 is 0. The summed E-state index contributed by atoms with van der Waals surface area (Å²) >= 11 is 0. The molecule has 46 nitrogen and oxygen atoms in total. The van der Waals surface area contributed by atoms with Gasteiger partial charge in [-0.3, -0.25) is 28.8 Å². The van der Waals surface area contributed by atoms with Gasteiger partial charge in [-0.05, 0) is 66.7 Å². The predicted octanol–water partition coefficient (Wildman–Crippen LogP) is 5.73. The first-order valence-corrected chi connectivity index (χ1v) is 32.7. The van der Waals surface area contributed by atoms with Crippen LogP contribution in [0, 0.1) is 0 Å². The molecule has 0 atom stereocenters. The fraction of sp³-hybridized carbons (Fsp3) is 0. The lowest BCUT2D eigenvalue weighted by Crippen LogP contribution is -2.03. The van der Waals surface area contributed by atoms with E-state index in [2.05, 4.69) is 0 Å². The van der Waals surface area contributed by atoms with Crippen LogP contribution < -0.4 is 0 Å². The molecule has 0 amide bonds. The third-order valence-corrected chi connectivity index (χ3v) is 16.6. The average molecular weight is 1730 g/mol. The van der Waals surface area contributed by atoms with Crippen molar-refractivity contribution in [2.45, 2.75) is 0 Å². The smallest absolute Gasteiger partial charge is 0.205 e. The quantitative estimate of drug-likeness (QED) is 0.0394. The van der Waals surface area contributed by atoms with Gasteiger partial charge in [-0.25, -0.2) is 0 Å². The van der Waals surface area contributed by atoms with E-state index in [1.54, 1.807) is 0 Å². The first kappa shape index (κ1) is 91.8. The minimum atomic E-state index is -1.19. The molecule has 0 radical (unpaired) electrons. The van der Waals surface area contributed by atoms with Crippen LogP contribution in [0.15, 0.2) is 121 Å². The molecule has 0 saturated carbocycles. The maximum absolute atomic E-state index is 12.2. The van der Waals surface area contributed by atoms with Crippen LogP contribution in [-0.2, 0) is 0 Å². The number of phenolic OH excluding ortho intramolecular Hbond substituents is 40. The molecule has 12 aromatic rings. The molecule has 0 saturated heterocycles. The Balaban J connectivity index is 0.000000204. The summed E-state index contributed by atoms with van der Waals surface area (Å²) in [6.07, 6.45) is 0. The molecule has 12 aromatic carbocycles. The summed E-state index contributed by atoms with van der Waals surface area (Å²) in [6, 6.07) is 15.8. The number of carbonyl (C=O) groups excluding carboxylic acids is 6. The second-order valence-electron chi connectivity index (χ2n) is 24.7. The molecule has 0 bridgehead atoms. The molecule has 40 N–H and O–H groups in total. The molecule has 648 valence electrons. The largest absolute Gasteiger partial charge is 0.508 e. The van der Waals surface area contributed by atoms with Crippen molar-refractivity contribution in [2.75, 3.05) is 0 Å². The molecule has 0 aliphatic heterocycles. The van der Waals surface area contributed by atoms with E-state index in [4.69, 9.17) is 0 Å². The van der Waals surface area contributed by atoms with Crippen molar-refractivity contribution in [3.05, 3.63) is 188 Å². The van der Waals surface area contributed by atoms with Crippen molar-refractivity contribution in [3.8, 4) is 230 Å². The minimum absolute atomic E-state index is 0.294. The molecular formula is C78H60O46. The van der Waals surface area contributed by atoms with E-state index in [0.29, 0.717) is 66.7 Å². The summed E-state index contributed by atoms with van der Waals surface area (Å²) in [7, 11) is 0. The third kappa shape index (κ3) is 18.6. The molecule has 0 unspecified atom stereocenters. The monoisotopic (exact) mass is 1730 g/mol. The molecule has 0 fully saturated rings. The van der Waals surface area contributed by atoms with Crippen molar-refractivity contribution in [1.29, 1.82) is 0 Å². The summed E-state index contributed by atoms with van der Waals surface area (Å²) in [6.45, 7) is 0. The van der Waals surface area contributed by atoms with Crippen molar-refractivity contribution >= 4 is 34.7 Å². The SMILES string of the molecule is O=C(c1cc(O)c(O)cc1O)c1c(O)c(O)cc(O)c1O.O=C(c1cc(O)c(O)cc1O)c1c(O)c(O)cc(O)c1O.O=C(c1cc(O)c(O)cc1O)c1c(O)cc(O)c(O)c1O.O=C(c1cc(O)c(O)cc1O)c1c(O)cc(O)c(O)c1O.O=C(c1cc(O)ccc1O)c1c(O)cc(O)c(O)c1O.O=C(c1cc(O)ccc1O)c1cc(O)c(O)c(O)c1O. The molecule has 46 heteroatoms. The highest BCUT2D eigenvalue weighted by Crippen LogP contribution is 2.52. The Morgan fingerprint density at radius 1 is 0.121 bits per heavy atom. The van der Waals surface area contributed by atoms with Crippen LogP contribution in [0.1, 0.15) is 95.5 Å². The maximum atomic E-state index is 12.2. The van der Waals surface area contributed by atoms with E-state index in [9.17, 15) is 233 Å². The Morgan fingerprint density at radius 2 is 0.298 bits per heavy atom. The second-order valence-corrected chi connectivity index (χ2v) is 24.7. The molecular weight excluding hydrogens is 1670 g/mol. The van der Waals surface area contributed by atoms with Gasteiger partial charge in [0.25, 0.3) is 0 Å². The van der Waals surface area contributed by atoms with Gasteiger partial charge in [-0.15, -0.1) is 0 Å². The van der Waals surface area contributed by atoms with Gasteiger partial charge in [-0.2, -0.15) is 0 Å². The predicted molar refractivity (Wildman–Crippen MR) is 404 cm³/mol. The van der Waals surface area contributed by atoms with Gasteiger partial charge in [0.15, 0.2) is 138 Å². The molecule has 0 spiro atoms. The number of hydrogen-bond donors (Lipinski definition) is 40. The number of aromatic hydroxyl groups is 40. The number of hydrogen-bond acceptors (Lipinski definition) is 46. The zero-order chi connectivity index (χ0) is 93.6. The van der Waals surface area contributed by atoms with Gasteiger partial charge in [-0.1, -0.05) is 0 Å². The average Bonchev–Trinajstić information content (AvgIpc) is 0.810. The topological polar surface area (TPSA) is 912 Å². The van der Waals surface area contributed by atoms with Crippen molar-refractivity contribution < 1.29 is 233 Å². The first-order chi connectivity index (χ1) is 57.6. The Morgan fingerprint density at radius 3 is 0.556 bits per heavy atom. The van der Waals surface area contributed by atoms with Gasteiger partial charge in [0.2, 0.25) is 63.4 Å². The Labute approximate surface area is 683 Å². The molecule has 0 aliphatic rings. The first-order valence-electron chi connectivity index (χ1n) is 32.7. The van der Waals surface area contributed by atoms with Crippen LogP contribution in [0.4, 0.5) is 0 Å². The van der Waals surface area contributed by atoms with Crippen LogP contribution >= 0.6 is 0 Å². The molecule has 124 heavy (non-hydrogen) atoms. The summed E-state index contributed by atoms with van der Waals surface area (Å²) in [5.74, 6) is -39.3. The van der Waals surface area contributed by atoms with Crippen molar-refractivity contribution in [2.24, 2.45) is 0 Å². The van der Waals surface area contributed by atoms with Crippen LogP contribution in [0.2, 0.25) is 0 Å². The lowest BCUT2D eigenvalue weighted by Gasteiger charge is -2.11. The van der Waals surface area contributed by atoms with Crippen LogP contribution in [0.5, 0.6) is 230 Å². The number of rotatable bonds is 12. The lowest BCUT2D eigenvalue weighted by atomic mass is 9.99. The third-order valence-electron chi connectivity index (χ3n) is 16.6. The van der Waals surface area contributed by atoms with E-state index in [1.807, 2.05) is 0 Å². The Bertz CT molecular complexity index is 6070. The number of ketones is 6. The van der Waals surface area contributed by atoms with Gasteiger partial charge in [0.1, 0.15) is 91.1 Å². The van der Waals surface area contributed by atoms with Crippen LogP contribution in [0.25, 0.3) is 0 Å². The van der Waals surface area contributed by atoms with E-state index in [-0.39, 0.29) is 22.6 Å². The highest BCUT2D eigenvalue weighted by Gasteiger charge is 2.34. The van der Waals surface area contributed by atoms with Gasteiger partial charge >= 0.3 is 0 Å². The van der Waals surface area contributed by atoms with E-state index >= 15 is 0 Å². The Hall–Kier alpha value is -19.3. The van der Waals surface area contributed by atoms with Crippen LogP contribution in [0.3, 0.4) is 0 Å². The van der Waals surface area contributed by atoms with Crippen molar-refractivity contribution in [1.82, 2.24) is 0 Å². The molecule has 12 rings (SSSR count). The second kappa shape index (κ2) is 35.8. The standard InChI is InChI=1S/4C13H10O8.2C13H10O7/c2*14-5-2-7(16)6(15)1-4(5)11(19)10-12(20)8(17)3-9(18)13(10)21;2*14-5-2-7(16)6(15)1-4(5)11(19)10-8(17)3-9(18)12(20)13(10)21;14-5-1-2-8(15)6(3-5)10(17)7-4-9(16)12(19)13(20)11(7)18;14-5-1-2-7(15)6(3-5)11(18)10-8(16)4-9(17)12(19)13(10)20/h4*1-3,14-18,20-21H;1-4,14-16,18-20H;1-4,14-17,19-20H. The molecule has 0 heterocycles.